The third kappa shape index (κ3) is 1.58. The Morgan fingerprint density at radius 3 is 2.65 bits per heavy atom. The molecule has 2 N–H and O–H groups in total. The van der Waals surface area contributed by atoms with E-state index in [-0.39, 0.29) is 23.4 Å². The van der Waals surface area contributed by atoms with Crippen molar-refractivity contribution >= 4 is 23.4 Å². The van der Waals surface area contributed by atoms with Crippen LogP contribution in [0.3, 0.4) is 0 Å². The Hall–Kier alpha value is -2.21. The molecule has 6 nitrogen and oxygen atoms in total. The van der Waals surface area contributed by atoms with Crippen LogP contribution in [0.5, 0.6) is 0 Å². The molecule has 0 saturated carbocycles. The molecule has 0 unspecified atom stereocenters. The second kappa shape index (κ2) is 3.99. The molecule has 0 radical (unpaired) electrons. The summed E-state index contributed by atoms with van der Waals surface area (Å²) in [6, 6.07) is 4.53. The first-order valence-corrected chi connectivity index (χ1v) is 4.87. The van der Waals surface area contributed by atoms with E-state index in [1.54, 1.807) is 6.07 Å². The molecule has 88 valence electrons. The number of nitrogens with zero attached hydrogens (tertiary/aromatic N) is 1. The van der Waals surface area contributed by atoms with Crippen LogP contribution in [0.4, 0.5) is 5.69 Å². The molecule has 17 heavy (non-hydrogen) atoms. The maximum absolute atomic E-state index is 11.9. The van der Waals surface area contributed by atoms with Crippen LogP contribution in [-0.4, -0.2) is 36.3 Å². The van der Waals surface area contributed by atoms with Crippen LogP contribution in [-0.2, 0) is 9.53 Å². The number of ether oxygens (including phenoxy) is 1. The number of benzene rings is 1. The van der Waals surface area contributed by atoms with E-state index in [4.69, 9.17) is 5.73 Å². The summed E-state index contributed by atoms with van der Waals surface area (Å²) in [6.07, 6.45) is 0. The van der Waals surface area contributed by atoms with Gasteiger partial charge in [-0.1, -0.05) is 6.07 Å². The number of methoxy groups -OCH3 is 1. The lowest BCUT2D eigenvalue weighted by atomic mass is 10.1. The minimum Gasteiger partial charge on any atom is -0.398 e. The minimum absolute atomic E-state index is 0.0851. The topological polar surface area (TPSA) is 89.7 Å². The number of anilines is 1. The molecule has 0 fully saturated rings. The van der Waals surface area contributed by atoms with Crippen molar-refractivity contribution in [3.63, 3.8) is 0 Å². The van der Waals surface area contributed by atoms with Gasteiger partial charge >= 0.3 is 0 Å². The van der Waals surface area contributed by atoms with E-state index in [9.17, 15) is 14.4 Å². The van der Waals surface area contributed by atoms with Gasteiger partial charge in [0.05, 0.1) is 11.1 Å². The van der Waals surface area contributed by atoms with Crippen LogP contribution in [0.25, 0.3) is 0 Å². The molecule has 1 heterocycles. The summed E-state index contributed by atoms with van der Waals surface area (Å²) in [7, 11) is 1.31. The smallest absolute Gasteiger partial charge is 0.270 e. The van der Waals surface area contributed by atoms with Crippen molar-refractivity contribution in [1.82, 2.24) is 4.90 Å². The molecule has 0 bridgehead atoms. The van der Waals surface area contributed by atoms with E-state index in [2.05, 4.69) is 4.74 Å². The van der Waals surface area contributed by atoms with E-state index in [1.807, 2.05) is 0 Å². The Kier molecular flexibility index (Phi) is 2.64. The quantitative estimate of drug-likeness (QED) is 0.576. The summed E-state index contributed by atoms with van der Waals surface area (Å²) in [4.78, 5) is 35.9. The highest BCUT2D eigenvalue weighted by molar-refractivity contribution is 6.30. The summed E-state index contributed by atoms with van der Waals surface area (Å²) < 4.78 is 4.61. The normalized spacial score (nSPS) is 14.1. The van der Waals surface area contributed by atoms with Crippen LogP contribution >= 0.6 is 0 Å². The Morgan fingerprint density at radius 1 is 1.35 bits per heavy atom. The van der Waals surface area contributed by atoms with Crippen LogP contribution in [0.1, 0.15) is 20.7 Å². The first-order valence-electron chi connectivity index (χ1n) is 4.87. The molecule has 0 spiro atoms. The lowest BCUT2D eigenvalue weighted by Gasteiger charge is -2.10. The van der Waals surface area contributed by atoms with Crippen molar-refractivity contribution < 1.29 is 19.1 Å². The first-order chi connectivity index (χ1) is 8.07. The Bertz CT molecular complexity index is 524. The van der Waals surface area contributed by atoms with Gasteiger partial charge in [-0.05, 0) is 12.1 Å². The van der Waals surface area contributed by atoms with Crippen LogP contribution in [0, 0.1) is 0 Å². The summed E-state index contributed by atoms with van der Waals surface area (Å²) in [5.41, 5.74) is 6.04. The number of rotatable bonds is 2. The third-order valence-corrected chi connectivity index (χ3v) is 2.46. The number of carbonyl (C=O) groups excluding carboxylic acids is 3. The number of amides is 3. The molecule has 3 amide bonds. The monoisotopic (exact) mass is 234 g/mol. The SMILES string of the molecule is COCC(=O)N1C(=O)c2cccc(N)c2C1=O. The Morgan fingerprint density at radius 2 is 2.06 bits per heavy atom. The zero-order chi connectivity index (χ0) is 12.6. The molecule has 1 aliphatic rings. The summed E-state index contributed by atoms with van der Waals surface area (Å²) >= 11 is 0. The van der Waals surface area contributed by atoms with E-state index in [0.717, 1.165) is 0 Å². The fourth-order valence-electron chi connectivity index (χ4n) is 1.73. The predicted molar refractivity (Wildman–Crippen MR) is 58.2 cm³/mol. The summed E-state index contributed by atoms with van der Waals surface area (Å²) in [5, 5.41) is 0. The second-order valence-corrected chi connectivity index (χ2v) is 3.54. The Labute approximate surface area is 96.9 Å². The van der Waals surface area contributed by atoms with Gasteiger partial charge in [0.1, 0.15) is 6.61 Å². The fraction of sp³-hybridized carbons (Fsp3) is 0.182. The molecular weight excluding hydrogens is 224 g/mol. The van der Waals surface area contributed by atoms with E-state index in [0.29, 0.717) is 4.90 Å². The van der Waals surface area contributed by atoms with Crippen molar-refractivity contribution in [3.8, 4) is 0 Å². The third-order valence-electron chi connectivity index (χ3n) is 2.46. The van der Waals surface area contributed by atoms with Crippen molar-refractivity contribution in [2.45, 2.75) is 0 Å². The maximum Gasteiger partial charge on any atom is 0.270 e. The van der Waals surface area contributed by atoms with Gasteiger partial charge < -0.3 is 10.5 Å². The molecule has 2 rings (SSSR count). The highest BCUT2D eigenvalue weighted by Gasteiger charge is 2.40. The summed E-state index contributed by atoms with van der Waals surface area (Å²) in [5.74, 6) is -2.04. The fourth-order valence-corrected chi connectivity index (χ4v) is 1.73. The standard InChI is InChI=1S/C11H10N2O4/c1-17-5-8(14)13-10(15)6-3-2-4-7(12)9(6)11(13)16/h2-4H,5,12H2,1H3. The van der Waals surface area contributed by atoms with Gasteiger partial charge in [-0.15, -0.1) is 0 Å². The van der Waals surface area contributed by atoms with E-state index >= 15 is 0 Å². The average Bonchev–Trinajstić information content (AvgIpc) is 2.53. The van der Waals surface area contributed by atoms with Crippen molar-refractivity contribution in [2.24, 2.45) is 0 Å². The van der Waals surface area contributed by atoms with Crippen molar-refractivity contribution in [2.75, 3.05) is 19.5 Å². The molecule has 0 aromatic heterocycles. The predicted octanol–water partition coefficient (Wildman–Crippen LogP) is 0.0378. The molecule has 0 aliphatic carbocycles. The lowest BCUT2D eigenvalue weighted by Crippen LogP contribution is -2.38. The number of hydrogen-bond donors (Lipinski definition) is 1. The van der Waals surface area contributed by atoms with Gasteiger partial charge in [-0.25, -0.2) is 4.90 Å². The number of imide groups is 3. The highest BCUT2D eigenvalue weighted by Crippen LogP contribution is 2.27. The zero-order valence-corrected chi connectivity index (χ0v) is 9.10. The molecule has 6 heteroatoms. The van der Waals surface area contributed by atoms with Crippen molar-refractivity contribution in [1.29, 1.82) is 0 Å². The second-order valence-electron chi connectivity index (χ2n) is 3.54. The number of hydrogen-bond acceptors (Lipinski definition) is 5. The van der Waals surface area contributed by atoms with Gasteiger partial charge in [0, 0.05) is 12.8 Å². The minimum atomic E-state index is -0.696. The Balaban J connectivity index is 2.46. The molecular formula is C11H10N2O4. The van der Waals surface area contributed by atoms with Crippen LogP contribution in [0.15, 0.2) is 18.2 Å². The van der Waals surface area contributed by atoms with Gasteiger partial charge in [0.25, 0.3) is 17.7 Å². The van der Waals surface area contributed by atoms with Gasteiger partial charge in [-0.2, -0.15) is 0 Å². The van der Waals surface area contributed by atoms with E-state index < -0.39 is 17.7 Å². The molecule has 1 aromatic carbocycles. The van der Waals surface area contributed by atoms with Crippen molar-refractivity contribution in [3.05, 3.63) is 29.3 Å². The van der Waals surface area contributed by atoms with Gasteiger partial charge in [0.2, 0.25) is 0 Å². The molecule has 0 atom stereocenters. The number of nitrogens with two attached hydrogens (primary N) is 1. The lowest BCUT2D eigenvalue weighted by molar-refractivity contribution is -0.130. The average molecular weight is 234 g/mol. The first kappa shape index (κ1) is 11.3. The molecule has 1 aromatic rings. The number of nitrogen functional groups attached to an aromatic ring is 1. The van der Waals surface area contributed by atoms with Gasteiger partial charge in [-0.3, -0.25) is 14.4 Å². The van der Waals surface area contributed by atoms with Crippen LogP contribution in [0.2, 0.25) is 0 Å². The maximum atomic E-state index is 11.9. The molecule has 0 saturated heterocycles. The van der Waals surface area contributed by atoms with Crippen LogP contribution < -0.4 is 5.73 Å². The van der Waals surface area contributed by atoms with Gasteiger partial charge in [0.15, 0.2) is 0 Å². The highest BCUT2D eigenvalue weighted by atomic mass is 16.5. The number of fused-ring (bicyclic) bond motifs is 1. The largest absolute Gasteiger partial charge is 0.398 e. The number of carbonyl (C=O) groups is 3. The summed E-state index contributed by atoms with van der Waals surface area (Å²) in [6.45, 7) is -0.328. The molecule has 1 aliphatic heterocycles. The van der Waals surface area contributed by atoms with E-state index in [1.165, 1.54) is 19.2 Å². The zero-order valence-electron chi connectivity index (χ0n) is 9.10.